The number of nitrogens with two attached hydrogens (primary N) is 1. The second-order valence-electron chi connectivity index (χ2n) is 4.86. The number of hydrogen-bond donors (Lipinski definition) is 1. The van der Waals surface area contributed by atoms with Gasteiger partial charge < -0.3 is 5.73 Å². The smallest absolute Gasteiger partial charge is 0.184 e. The first-order chi connectivity index (χ1) is 9.01. The van der Waals surface area contributed by atoms with Gasteiger partial charge in [-0.25, -0.2) is 4.68 Å². The van der Waals surface area contributed by atoms with Crippen molar-refractivity contribution in [3.8, 4) is 11.4 Å². The van der Waals surface area contributed by atoms with E-state index in [9.17, 15) is 0 Å². The molecule has 0 spiro atoms. The van der Waals surface area contributed by atoms with E-state index in [4.69, 9.17) is 17.3 Å². The molecule has 19 heavy (non-hydrogen) atoms. The number of aromatic nitrogens is 4. The van der Waals surface area contributed by atoms with Gasteiger partial charge in [0, 0.05) is 11.3 Å². The van der Waals surface area contributed by atoms with Gasteiger partial charge in [0.1, 0.15) is 0 Å². The van der Waals surface area contributed by atoms with E-state index < -0.39 is 0 Å². The van der Waals surface area contributed by atoms with E-state index in [1.807, 2.05) is 4.68 Å². The van der Waals surface area contributed by atoms with Gasteiger partial charge in [0.15, 0.2) is 5.82 Å². The number of benzene rings is 1. The average Bonchev–Trinajstić information content (AvgIpc) is 2.90. The summed E-state index contributed by atoms with van der Waals surface area (Å²) in [7, 11) is 0. The zero-order chi connectivity index (χ0) is 14.0. The molecule has 0 unspecified atom stereocenters. The van der Waals surface area contributed by atoms with Crippen LogP contribution in [0.5, 0.6) is 0 Å². The van der Waals surface area contributed by atoms with Crippen LogP contribution in [0.1, 0.15) is 33.6 Å². The minimum Gasteiger partial charge on any atom is -0.399 e. The molecule has 0 fully saturated rings. The van der Waals surface area contributed by atoms with Gasteiger partial charge in [0.05, 0.1) is 10.6 Å². The number of nitrogen functional groups attached to an aromatic ring is 1. The Morgan fingerprint density at radius 2 is 2.00 bits per heavy atom. The Kier molecular flexibility index (Phi) is 3.75. The van der Waals surface area contributed by atoms with Crippen molar-refractivity contribution in [1.29, 1.82) is 0 Å². The Bertz CT molecular complexity index is 574. The van der Waals surface area contributed by atoms with Gasteiger partial charge in [-0.05, 0) is 48.4 Å². The van der Waals surface area contributed by atoms with Crippen molar-refractivity contribution in [3.63, 3.8) is 0 Å². The fourth-order valence-corrected chi connectivity index (χ4v) is 2.18. The topological polar surface area (TPSA) is 69.6 Å². The average molecular weight is 280 g/mol. The van der Waals surface area contributed by atoms with Crippen LogP contribution in [0.4, 0.5) is 5.69 Å². The van der Waals surface area contributed by atoms with Crippen molar-refractivity contribution in [2.45, 2.75) is 39.2 Å². The van der Waals surface area contributed by atoms with Crippen molar-refractivity contribution >= 4 is 17.3 Å². The van der Waals surface area contributed by atoms with Gasteiger partial charge in [0.2, 0.25) is 0 Å². The Labute approximate surface area is 117 Å². The molecule has 0 aliphatic carbocycles. The molecular weight excluding hydrogens is 262 g/mol. The summed E-state index contributed by atoms with van der Waals surface area (Å²) in [6.45, 7) is 6.37. The molecule has 2 N–H and O–H groups in total. The molecule has 0 aliphatic heterocycles. The number of rotatable bonds is 4. The standard InChI is InChI=1S/C13H18ClN5/c1-4-13(3,5-2)19-12(16-17-18-19)10-8-9(15)6-7-11(10)14/h6-8H,4-5,15H2,1-3H3. The van der Waals surface area contributed by atoms with Crippen LogP contribution >= 0.6 is 11.6 Å². The van der Waals surface area contributed by atoms with Gasteiger partial charge in [-0.1, -0.05) is 25.4 Å². The number of anilines is 1. The van der Waals surface area contributed by atoms with Crippen LogP contribution in [-0.2, 0) is 5.54 Å². The van der Waals surface area contributed by atoms with Crippen LogP contribution in [-0.4, -0.2) is 20.2 Å². The van der Waals surface area contributed by atoms with Crippen LogP contribution in [0.3, 0.4) is 0 Å². The predicted octanol–water partition coefficient (Wildman–Crippen LogP) is 3.11. The number of halogens is 1. The summed E-state index contributed by atoms with van der Waals surface area (Å²) >= 11 is 6.23. The molecule has 1 aromatic heterocycles. The van der Waals surface area contributed by atoms with Crippen LogP contribution in [0.2, 0.25) is 5.02 Å². The van der Waals surface area contributed by atoms with Gasteiger partial charge in [-0.15, -0.1) is 5.10 Å². The Balaban J connectivity index is 2.59. The van der Waals surface area contributed by atoms with Gasteiger partial charge in [0.25, 0.3) is 0 Å². The molecule has 0 atom stereocenters. The highest BCUT2D eigenvalue weighted by Gasteiger charge is 2.28. The second-order valence-corrected chi connectivity index (χ2v) is 5.26. The number of tetrazole rings is 1. The lowest BCUT2D eigenvalue weighted by atomic mass is 9.95. The molecule has 0 bridgehead atoms. The fourth-order valence-electron chi connectivity index (χ4n) is 1.98. The fraction of sp³-hybridized carbons (Fsp3) is 0.462. The molecule has 102 valence electrons. The minimum absolute atomic E-state index is 0.132. The third kappa shape index (κ3) is 2.42. The third-order valence-electron chi connectivity index (χ3n) is 3.74. The lowest BCUT2D eigenvalue weighted by Gasteiger charge is -2.27. The van der Waals surface area contributed by atoms with Crippen LogP contribution < -0.4 is 5.73 Å². The minimum atomic E-state index is -0.132. The predicted molar refractivity (Wildman–Crippen MR) is 76.9 cm³/mol. The molecule has 1 heterocycles. The molecule has 2 rings (SSSR count). The SMILES string of the molecule is CCC(C)(CC)n1nnnc1-c1cc(N)ccc1Cl. The zero-order valence-corrected chi connectivity index (χ0v) is 12.1. The van der Waals surface area contributed by atoms with E-state index in [-0.39, 0.29) is 5.54 Å². The van der Waals surface area contributed by atoms with E-state index in [2.05, 4.69) is 36.3 Å². The first-order valence-corrected chi connectivity index (χ1v) is 6.74. The number of nitrogens with zero attached hydrogens (tertiary/aromatic N) is 4. The molecular formula is C13H18ClN5. The van der Waals surface area contributed by atoms with Gasteiger partial charge >= 0.3 is 0 Å². The quantitative estimate of drug-likeness (QED) is 0.873. The normalized spacial score (nSPS) is 11.8. The van der Waals surface area contributed by atoms with Crippen LogP contribution in [0.25, 0.3) is 11.4 Å². The maximum Gasteiger partial charge on any atom is 0.184 e. The van der Waals surface area contributed by atoms with E-state index in [0.717, 1.165) is 18.4 Å². The summed E-state index contributed by atoms with van der Waals surface area (Å²) < 4.78 is 1.84. The Hall–Kier alpha value is -1.62. The maximum absolute atomic E-state index is 6.23. The first-order valence-electron chi connectivity index (χ1n) is 6.36. The molecule has 0 saturated heterocycles. The largest absolute Gasteiger partial charge is 0.399 e. The van der Waals surface area contributed by atoms with E-state index >= 15 is 0 Å². The van der Waals surface area contributed by atoms with Gasteiger partial charge in [-0.3, -0.25) is 0 Å². The third-order valence-corrected chi connectivity index (χ3v) is 4.07. The summed E-state index contributed by atoms with van der Waals surface area (Å²) in [4.78, 5) is 0. The first kappa shape index (κ1) is 13.8. The Morgan fingerprint density at radius 1 is 1.32 bits per heavy atom. The molecule has 6 heteroatoms. The summed E-state index contributed by atoms with van der Waals surface area (Å²) in [5.41, 5.74) is 7.10. The highest BCUT2D eigenvalue weighted by molar-refractivity contribution is 6.33. The molecule has 5 nitrogen and oxygen atoms in total. The molecule has 0 amide bonds. The highest BCUT2D eigenvalue weighted by Crippen LogP contribution is 2.32. The zero-order valence-electron chi connectivity index (χ0n) is 11.4. The molecule has 1 aromatic carbocycles. The van der Waals surface area contributed by atoms with Crippen LogP contribution in [0, 0.1) is 0 Å². The number of hydrogen-bond acceptors (Lipinski definition) is 4. The van der Waals surface area contributed by atoms with Crippen molar-refractivity contribution in [2.75, 3.05) is 5.73 Å². The van der Waals surface area contributed by atoms with Crippen molar-refractivity contribution in [1.82, 2.24) is 20.2 Å². The lowest BCUT2D eigenvalue weighted by molar-refractivity contribution is 0.262. The summed E-state index contributed by atoms with van der Waals surface area (Å²) in [5.74, 6) is 0.656. The highest BCUT2D eigenvalue weighted by atomic mass is 35.5. The molecule has 0 radical (unpaired) electrons. The maximum atomic E-state index is 6.23. The summed E-state index contributed by atoms with van der Waals surface area (Å²) in [5, 5.41) is 12.6. The van der Waals surface area contributed by atoms with E-state index in [1.54, 1.807) is 18.2 Å². The van der Waals surface area contributed by atoms with Crippen LogP contribution in [0.15, 0.2) is 18.2 Å². The Morgan fingerprint density at radius 3 is 2.63 bits per heavy atom. The molecule has 0 saturated carbocycles. The molecule has 0 aliphatic rings. The second kappa shape index (κ2) is 5.17. The van der Waals surface area contributed by atoms with E-state index in [0.29, 0.717) is 16.5 Å². The van der Waals surface area contributed by atoms with Crippen molar-refractivity contribution in [2.24, 2.45) is 0 Å². The lowest BCUT2D eigenvalue weighted by Crippen LogP contribution is -2.30. The summed E-state index contributed by atoms with van der Waals surface area (Å²) in [6, 6.07) is 5.33. The van der Waals surface area contributed by atoms with E-state index in [1.165, 1.54) is 0 Å². The van der Waals surface area contributed by atoms with Crippen molar-refractivity contribution in [3.05, 3.63) is 23.2 Å². The molecule has 2 aromatic rings. The van der Waals surface area contributed by atoms with Gasteiger partial charge in [-0.2, -0.15) is 0 Å². The summed E-state index contributed by atoms with van der Waals surface area (Å²) in [6.07, 6.45) is 1.86. The monoisotopic (exact) mass is 279 g/mol. The van der Waals surface area contributed by atoms with Crippen molar-refractivity contribution < 1.29 is 0 Å².